The molecule has 2 aromatic rings. The molecule has 1 aliphatic rings. The van der Waals surface area contributed by atoms with Gasteiger partial charge in [-0.3, -0.25) is 4.79 Å². The fourth-order valence-corrected chi connectivity index (χ4v) is 3.34. The molecule has 1 N–H and O–H groups in total. The summed E-state index contributed by atoms with van der Waals surface area (Å²) in [6.07, 6.45) is 0. The van der Waals surface area contributed by atoms with Gasteiger partial charge in [-0.15, -0.1) is 11.8 Å². The summed E-state index contributed by atoms with van der Waals surface area (Å²) in [7, 11) is 0. The second kappa shape index (κ2) is 6.03. The van der Waals surface area contributed by atoms with Crippen molar-refractivity contribution in [1.82, 2.24) is 0 Å². The van der Waals surface area contributed by atoms with Crippen molar-refractivity contribution in [3.8, 4) is 0 Å². The van der Waals surface area contributed by atoms with Crippen LogP contribution in [0.2, 0.25) is 0 Å². The van der Waals surface area contributed by atoms with Gasteiger partial charge in [0.25, 0.3) is 5.91 Å². The van der Waals surface area contributed by atoms with Gasteiger partial charge >= 0.3 is 0 Å². The molecule has 0 spiro atoms. The lowest BCUT2D eigenvalue weighted by atomic mass is 10.1. The molecule has 0 unspecified atom stereocenters. The van der Waals surface area contributed by atoms with Crippen LogP contribution in [0, 0.1) is 5.82 Å². The predicted molar refractivity (Wildman–Crippen MR) is 88.4 cm³/mol. The lowest BCUT2D eigenvalue weighted by Crippen LogP contribution is -2.03. The Morgan fingerprint density at radius 2 is 2.10 bits per heavy atom. The highest BCUT2D eigenvalue weighted by Crippen LogP contribution is 2.35. The summed E-state index contributed by atoms with van der Waals surface area (Å²) in [5, 5.41) is 4.66. The van der Waals surface area contributed by atoms with E-state index in [1.165, 1.54) is 23.9 Å². The minimum absolute atomic E-state index is 0.102. The van der Waals surface area contributed by atoms with Gasteiger partial charge in [0, 0.05) is 21.5 Å². The van der Waals surface area contributed by atoms with Gasteiger partial charge in [-0.2, -0.15) is 0 Å². The van der Waals surface area contributed by atoms with Gasteiger partial charge in [0.05, 0.1) is 5.57 Å². The van der Waals surface area contributed by atoms with Crippen LogP contribution >= 0.6 is 27.7 Å². The standard InChI is InChI=1S/C16H11BrFNOS/c17-11-4-5-15-13(7-11)14(16(20)19-15)9-21-8-10-2-1-3-12(18)6-10/h1-7,9H,8H2,(H,19,20). The van der Waals surface area contributed by atoms with E-state index in [1.807, 2.05) is 29.7 Å². The van der Waals surface area contributed by atoms with Crippen LogP contribution in [0.15, 0.2) is 52.3 Å². The van der Waals surface area contributed by atoms with Crippen molar-refractivity contribution >= 4 is 44.9 Å². The van der Waals surface area contributed by atoms with Crippen LogP contribution in [0.1, 0.15) is 11.1 Å². The first-order valence-electron chi connectivity index (χ1n) is 6.31. The minimum Gasteiger partial charge on any atom is -0.321 e. The van der Waals surface area contributed by atoms with Crippen LogP contribution in [0.25, 0.3) is 5.57 Å². The Morgan fingerprint density at radius 3 is 2.90 bits per heavy atom. The van der Waals surface area contributed by atoms with Crippen LogP contribution in [0.4, 0.5) is 10.1 Å². The Balaban J connectivity index is 1.78. The highest BCUT2D eigenvalue weighted by molar-refractivity contribution is 9.10. The molecule has 3 rings (SSSR count). The normalized spacial score (nSPS) is 15.1. The fraction of sp³-hybridized carbons (Fsp3) is 0.0625. The third kappa shape index (κ3) is 3.19. The quantitative estimate of drug-likeness (QED) is 0.792. The molecule has 0 atom stereocenters. The third-order valence-electron chi connectivity index (χ3n) is 3.10. The Morgan fingerprint density at radius 1 is 1.24 bits per heavy atom. The second-order valence-electron chi connectivity index (χ2n) is 4.62. The van der Waals surface area contributed by atoms with Gasteiger partial charge in [-0.25, -0.2) is 4.39 Å². The van der Waals surface area contributed by atoms with E-state index in [0.29, 0.717) is 11.3 Å². The molecule has 106 valence electrons. The molecule has 0 bridgehead atoms. The molecular weight excluding hydrogens is 353 g/mol. The number of anilines is 1. The topological polar surface area (TPSA) is 29.1 Å². The number of hydrogen-bond donors (Lipinski definition) is 1. The van der Waals surface area contributed by atoms with E-state index < -0.39 is 0 Å². The van der Waals surface area contributed by atoms with Crippen LogP contribution in [0.5, 0.6) is 0 Å². The molecule has 0 saturated carbocycles. The molecule has 1 heterocycles. The number of carbonyl (C=O) groups is 1. The summed E-state index contributed by atoms with van der Waals surface area (Å²) < 4.78 is 14.0. The van der Waals surface area contributed by atoms with E-state index in [0.717, 1.165) is 21.3 Å². The van der Waals surface area contributed by atoms with Crippen LogP contribution < -0.4 is 5.32 Å². The zero-order valence-electron chi connectivity index (χ0n) is 10.9. The first-order chi connectivity index (χ1) is 10.1. The monoisotopic (exact) mass is 363 g/mol. The van der Waals surface area contributed by atoms with Gasteiger partial charge in [0.1, 0.15) is 5.82 Å². The van der Waals surface area contributed by atoms with Gasteiger partial charge in [0.2, 0.25) is 0 Å². The summed E-state index contributed by atoms with van der Waals surface area (Å²) in [6.45, 7) is 0. The number of hydrogen-bond acceptors (Lipinski definition) is 2. The number of fused-ring (bicyclic) bond motifs is 1. The zero-order chi connectivity index (χ0) is 14.8. The van der Waals surface area contributed by atoms with Crippen molar-refractivity contribution in [2.24, 2.45) is 0 Å². The highest BCUT2D eigenvalue weighted by atomic mass is 79.9. The van der Waals surface area contributed by atoms with E-state index in [9.17, 15) is 9.18 Å². The summed E-state index contributed by atoms with van der Waals surface area (Å²) in [6, 6.07) is 12.2. The molecule has 0 aromatic heterocycles. The van der Waals surface area contributed by atoms with Crippen molar-refractivity contribution in [2.75, 3.05) is 5.32 Å². The number of thioether (sulfide) groups is 1. The van der Waals surface area contributed by atoms with Gasteiger partial charge < -0.3 is 5.32 Å². The van der Waals surface area contributed by atoms with Crippen LogP contribution in [0.3, 0.4) is 0 Å². The SMILES string of the molecule is O=C1Nc2ccc(Br)cc2C1=CSCc1cccc(F)c1. The Labute approximate surface area is 134 Å². The Kier molecular flexibility index (Phi) is 4.12. The second-order valence-corrected chi connectivity index (χ2v) is 6.39. The molecule has 0 radical (unpaired) electrons. The maximum atomic E-state index is 13.1. The van der Waals surface area contributed by atoms with E-state index in [1.54, 1.807) is 6.07 Å². The third-order valence-corrected chi connectivity index (χ3v) is 4.50. The van der Waals surface area contributed by atoms with Crippen molar-refractivity contribution in [1.29, 1.82) is 0 Å². The first-order valence-corrected chi connectivity index (χ1v) is 8.15. The van der Waals surface area contributed by atoms with Crippen molar-refractivity contribution in [2.45, 2.75) is 5.75 Å². The minimum atomic E-state index is -0.242. The summed E-state index contributed by atoms with van der Waals surface area (Å²) in [5.74, 6) is 0.279. The molecule has 1 aliphatic heterocycles. The molecule has 1 amide bonds. The average molecular weight is 364 g/mol. The van der Waals surface area contributed by atoms with E-state index >= 15 is 0 Å². The number of nitrogens with one attached hydrogen (secondary N) is 1. The molecule has 0 saturated heterocycles. The Hall–Kier alpha value is -1.59. The number of benzene rings is 2. The van der Waals surface area contributed by atoms with Crippen molar-refractivity contribution in [3.63, 3.8) is 0 Å². The number of halogens is 2. The molecule has 5 heteroatoms. The average Bonchev–Trinajstić information content (AvgIpc) is 2.75. The molecule has 2 nitrogen and oxygen atoms in total. The molecular formula is C16H11BrFNOS. The molecule has 0 fully saturated rings. The number of rotatable bonds is 3. The molecule has 21 heavy (non-hydrogen) atoms. The summed E-state index contributed by atoms with van der Waals surface area (Å²) in [5.41, 5.74) is 3.25. The van der Waals surface area contributed by atoms with E-state index in [-0.39, 0.29) is 11.7 Å². The van der Waals surface area contributed by atoms with Crippen molar-refractivity contribution < 1.29 is 9.18 Å². The smallest absolute Gasteiger partial charge is 0.256 e. The maximum Gasteiger partial charge on any atom is 0.256 e. The number of amides is 1. The Bertz CT molecular complexity index is 745. The van der Waals surface area contributed by atoms with Crippen LogP contribution in [-0.2, 0) is 10.5 Å². The molecule has 2 aromatic carbocycles. The summed E-state index contributed by atoms with van der Waals surface area (Å²) in [4.78, 5) is 12.0. The van der Waals surface area contributed by atoms with E-state index in [4.69, 9.17) is 0 Å². The molecule has 0 aliphatic carbocycles. The predicted octanol–water partition coefficient (Wildman–Crippen LogP) is 4.81. The number of carbonyl (C=O) groups excluding carboxylic acids is 1. The summed E-state index contributed by atoms with van der Waals surface area (Å²) >= 11 is 4.89. The van der Waals surface area contributed by atoms with Crippen molar-refractivity contribution in [3.05, 3.63) is 69.3 Å². The fourth-order valence-electron chi connectivity index (χ4n) is 2.13. The highest BCUT2D eigenvalue weighted by Gasteiger charge is 2.23. The van der Waals surface area contributed by atoms with Gasteiger partial charge in [-0.1, -0.05) is 28.1 Å². The van der Waals surface area contributed by atoms with Gasteiger partial charge in [0.15, 0.2) is 0 Å². The lowest BCUT2D eigenvalue weighted by molar-refractivity contribution is -0.110. The van der Waals surface area contributed by atoms with Gasteiger partial charge in [-0.05, 0) is 41.3 Å². The maximum absolute atomic E-state index is 13.1. The largest absolute Gasteiger partial charge is 0.321 e. The zero-order valence-corrected chi connectivity index (χ0v) is 13.3. The lowest BCUT2D eigenvalue weighted by Gasteiger charge is -2.00. The van der Waals surface area contributed by atoms with E-state index in [2.05, 4.69) is 21.2 Å². The first kappa shape index (κ1) is 14.4. The van der Waals surface area contributed by atoms with Crippen LogP contribution in [-0.4, -0.2) is 5.91 Å².